The second-order valence-electron chi connectivity index (χ2n) is 4.42. The van der Waals surface area contributed by atoms with E-state index in [0.29, 0.717) is 11.8 Å². The van der Waals surface area contributed by atoms with E-state index in [2.05, 4.69) is 19.2 Å². The molecule has 0 saturated heterocycles. The van der Waals surface area contributed by atoms with E-state index in [1.807, 2.05) is 24.3 Å². The highest BCUT2D eigenvalue weighted by atomic mass is 32.2. The largest absolute Gasteiger partial charge is 0.389 e. The van der Waals surface area contributed by atoms with Gasteiger partial charge in [-0.25, -0.2) is 0 Å². The van der Waals surface area contributed by atoms with Gasteiger partial charge < -0.3 is 5.32 Å². The topological polar surface area (TPSA) is 12.0 Å². The Kier molecular flexibility index (Phi) is 6.72. The summed E-state index contributed by atoms with van der Waals surface area (Å²) in [6, 6.07) is 8.30. The average molecular weight is 291 g/mol. The van der Waals surface area contributed by atoms with Gasteiger partial charge in [0.1, 0.15) is 0 Å². The van der Waals surface area contributed by atoms with Gasteiger partial charge in [-0.3, -0.25) is 0 Å². The predicted molar refractivity (Wildman–Crippen MR) is 74.5 cm³/mol. The number of rotatable bonds is 7. The summed E-state index contributed by atoms with van der Waals surface area (Å²) < 4.78 is 35.9. The zero-order valence-electron chi connectivity index (χ0n) is 11.3. The SMILES string of the molecule is CCNC(C)c1ccc(SCCCC(F)(F)F)cc1. The Labute approximate surface area is 117 Å². The van der Waals surface area contributed by atoms with Gasteiger partial charge in [-0.05, 0) is 43.3 Å². The number of halogens is 3. The Balaban J connectivity index is 2.36. The lowest BCUT2D eigenvalue weighted by atomic mass is 10.1. The quantitative estimate of drug-likeness (QED) is 0.572. The van der Waals surface area contributed by atoms with Crippen LogP contribution in [-0.2, 0) is 0 Å². The molecule has 1 N–H and O–H groups in total. The van der Waals surface area contributed by atoms with Crippen molar-refractivity contribution < 1.29 is 13.2 Å². The molecule has 1 nitrogen and oxygen atoms in total. The van der Waals surface area contributed by atoms with Crippen molar-refractivity contribution in [3.8, 4) is 0 Å². The minimum atomic E-state index is -4.04. The highest BCUT2D eigenvalue weighted by Crippen LogP contribution is 2.26. The maximum absolute atomic E-state index is 12.0. The van der Waals surface area contributed by atoms with E-state index < -0.39 is 12.6 Å². The Morgan fingerprint density at radius 2 is 1.84 bits per heavy atom. The van der Waals surface area contributed by atoms with E-state index in [0.717, 1.165) is 11.4 Å². The van der Waals surface area contributed by atoms with Crippen LogP contribution in [0.15, 0.2) is 29.2 Å². The van der Waals surface area contributed by atoms with Crippen LogP contribution in [0.3, 0.4) is 0 Å². The lowest BCUT2D eigenvalue weighted by molar-refractivity contribution is -0.134. The van der Waals surface area contributed by atoms with Crippen LogP contribution in [0.4, 0.5) is 13.2 Å². The van der Waals surface area contributed by atoms with Crippen LogP contribution in [0.1, 0.15) is 38.3 Å². The third-order valence-electron chi connectivity index (χ3n) is 2.76. The average Bonchev–Trinajstić information content (AvgIpc) is 2.34. The van der Waals surface area contributed by atoms with Gasteiger partial charge in [0.25, 0.3) is 0 Å². The second-order valence-corrected chi connectivity index (χ2v) is 5.58. The number of benzene rings is 1. The third-order valence-corrected chi connectivity index (χ3v) is 3.86. The lowest BCUT2D eigenvalue weighted by Crippen LogP contribution is -2.17. The van der Waals surface area contributed by atoms with E-state index in [4.69, 9.17) is 0 Å². The minimum Gasteiger partial charge on any atom is -0.310 e. The molecule has 0 fully saturated rings. The smallest absolute Gasteiger partial charge is 0.310 e. The molecule has 0 bridgehead atoms. The standard InChI is InChI=1S/C14H20F3NS/c1-3-18-11(2)12-5-7-13(8-6-12)19-10-4-9-14(15,16)17/h5-8,11,18H,3-4,9-10H2,1-2H3. The molecule has 1 aromatic carbocycles. The molecule has 5 heteroatoms. The van der Waals surface area contributed by atoms with E-state index >= 15 is 0 Å². The fraction of sp³-hybridized carbons (Fsp3) is 0.571. The first-order chi connectivity index (χ1) is 8.92. The van der Waals surface area contributed by atoms with Gasteiger partial charge in [0, 0.05) is 17.4 Å². The molecule has 19 heavy (non-hydrogen) atoms. The van der Waals surface area contributed by atoms with Crippen molar-refractivity contribution in [3.05, 3.63) is 29.8 Å². The Hall–Kier alpha value is -0.680. The van der Waals surface area contributed by atoms with Crippen LogP contribution in [0.5, 0.6) is 0 Å². The Morgan fingerprint density at radius 1 is 1.21 bits per heavy atom. The van der Waals surface area contributed by atoms with Crippen LogP contribution < -0.4 is 5.32 Å². The monoisotopic (exact) mass is 291 g/mol. The Morgan fingerprint density at radius 3 is 2.37 bits per heavy atom. The Bertz CT molecular complexity index is 362. The number of alkyl halides is 3. The van der Waals surface area contributed by atoms with Crippen molar-refractivity contribution in [2.24, 2.45) is 0 Å². The molecule has 1 unspecified atom stereocenters. The van der Waals surface area contributed by atoms with Gasteiger partial charge >= 0.3 is 6.18 Å². The number of hydrogen-bond donors (Lipinski definition) is 1. The molecule has 0 heterocycles. The molecule has 108 valence electrons. The summed E-state index contributed by atoms with van der Waals surface area (Å²) in [5.74, 6) is 0.502. The van der Waals surface area contributed by atoms with Crippen LogP contribution in [0.2, 0.25) is 0 Å². The molecule has 1 aromatic rings. The highest BCUT2D eigenvalue weighted by molar-refractivity contribution is 7.99. The summed E-state index contributed by atoms with van der Waals surface area (Å²) in [5, 5.41) is 3.32. The predicted octanol–water partition coefficient (Wildman–Crippen LogP) is 4.79. The fourth-order valence-electron chi connectivity index (χ4n) is 1.74. The summed E-state index contributed by atoms with van der Waals surface area (Å²) in [6.45, 7) is 5.06. The van der Waals surface area contributed by atoms with Gasteiger partial charge in [0.05, 0.1) is 0 Å². The fourth-order valence-corrected chi connectivity index (χ4v) is 2.59. The molecule has 0 aliphatic heterocycles. The van der Waals surface area contributed by atoms with Crippen molar-refractivity contribution >= 4 is 11.8 Å². The summed E-state index contributed by atoms with van der Waals surface area (Å²) >= 11 is 1.47. The van der Waals surface area contributed by atoms with E-state index in [1.165, 1.54) is 17.3 Å². The first-order valence-corrected chi connectivity index (χ1v) is 7.44. The molecule has 0 aromatic heterocycles. The van der Waals surface area contributed by atoms with Gasteiger partial charge in [0.15, 0.2) is 0 Å². The first-order valence-electron chi connectivity index (χ1n) is 6.45. The molecule has 0 amide bonds. The zero-order chi connectivity index (χ0) is 14.3. The molecule has 0 aliphatic rings. The summed E-state index contributed by atoms with van der Waals surface area (Å²) in [7, 11) is 0. The molecule has 0 spiro atoms. The molecule has 0 aliphatic carbocycles. The molecule has 1 rings (SSSR count). The van der Waals surface area contributed by atoms with Gasteiger partial charge in [-0.15, -0.1) is 11.8 Å². The van der Waals surface area contributed by atoms with Crippen LogP contribution >= 0.6 is 11.8 Å². The van der Waals surface area contributed by atoms with Crippen molar-refractivity contribution in [3.63, 3.8) is 0 Å². The van der Waals surface area contributed by atoms with Crippen molar-refractivity contribution in [2.75, 3.05) is 12.3 Å². The van der Waals surface area contributed by atoms with E-state index in [-0.39, 0.29) is 6.42 Å². The van der Waals surface area contributed by atoms with Gasteiger partial charge in [0.2, 0.25) is 0 Å². The molecular formula is C14H20F3NS. The second kappa shape index (κ2) is 7.80. The van der Waals surface area contributed by atoms with E-state index in [1.54, 1.807) is 0 Å². The van der Waals surface area contributed by atoms with Crippen molar-refractivity contribution in [2.45, 2.75) is 43.8 Å². The highest BCUT2D eigenvalue weighted by Gasteiger charge is 2.25. The zero-order valence-corrected chi connectivity index (χ0v) is 12.1. The normalized spacial score (nSPS) is 13.5. The van der Waals surface area contributed by atoms with Crippen molar-refractivity contribution in [1.82, 2.24) is 5.32 Å². The van der Waals surface area contributed by atoms with Crippen LogP contribution in [0.25, 0.3) is 0 Å². The van der Waals surface area contributed by atoms with Gasteiger partial charge in [-0.1, -0.05) is 19.1 Å². The maximum atomic E-state index is 12.0. The number of nitrogens with one attached hydrogen (secondary N) is 1. The lowest BCUT2D eigenvalue weighted by Gasteiger charge is -2.13. The minimum absolute atomic E-state index is 0.170. The number of hydrogen-bond acceptors (Lipinski definition) is 2. The maximum Gasteiger partial charge on any atom is 0.389 e. The molecule has 1 atom stereocenters. The van der Waals surface area contributed by atoms with Crippen LogP contribution in [-0.4, -0.2) is 18.5 Å². The third kappa shape index (κ3) is 6.87. The van der Waals surface area contributed by atoms with Crippen molar-refractivity contribution in [1.29, 1.82) is 0 Å². The summed E-state index contributed by atoms with van der Waals surface area (Å²) in [6.07, 6.45) is -4.56. The van der Waals surface area contributed by atoms with Crippen LogP contribution in [0, 0.1) is 0 Å². The van der Waals surface area contributed by atoms with E-state index in [9.17, 15) is 13.2 Å². The van der Waals surface area contributed by atoms with Gasteiger partial charge in [-0.2, -0.15) is 13.2 Å². The number of thioether (sulfide) groups is 1. The molecular weight excluding hydrogens is 271 g/mol. The molecule has 0 radical (unpaired) electrons. The summed E-state index contributed by atoms with van der Waals surface area (Å²) in [5.41, 5.74) is 1.20. The summed E-state index contributed by atoms with van der Waals surface area (Å²) in [4.78, 5) is 1.02. The molecule has 0 saturated carbocycles. The first kappa shape index (κ1) is 16.4.